The lowest BCUT2D eigenvalue weighted by atomic mass is 10.0. The number of carbonyl (C=O) groups is 2. The van der Waals surface area contributed by atoms with Crippen molar-refractivity contribution in [2.45, 2.75) is 6.92 Å². The van der Waals surface area contributed by atoms with Gasteiger partial charge in [0.2, 0.25) is 0 Å². The van der Waals surface area contributed by atoms with Crippen LogP contribution in [0.4, 0.5) is 0 Å². The number of hydrogen-bond acceptors (Lipinski definition) is 4. The van der Waals surface area contributed by atoms with E-state index in [1.165, 1.54) is 0 Å². The highest BCUT2D eigenvalue weighted by Crippen LogP contribution is 2.26. The fourth-order valence-corrected chi connectivity index (χ4v) is 2.28. The number of fused-ring (bicyclic) bond motifs is 1. The van der Waals surface area contributed by atoms with Crippen molar-refractivity contribution in [3.8, 4) is 0 Å². The van der Waals surface area contributed by atoms with E-state index in [1.807, 2.05) is 24.3 Å². The summed E-state index contributed by atoms with van der Waals surface area (Å²) in [7, 11) is 0. The molecule has 1 saturated heterocycles. The monoisotopic (exact) mass is 286 g/mol. The number of furan rings is 1. The number of thiocarbonyl (C=S) groups is 1. The molecule has 1 aliphatic heterocycles. The van der Waals surface area contributed by atoms with Gasteiger partial charge in [0.15, 0.2) is 5.11 Å². The van der Waals surface area contributed by atoms with Crippen LogP contribution < -0.4 is 10.6 Å². The minimum atomic E-state index is -0.517. The first-order valence-electron chi connectivity index (χ1n) is 5.93. The largest absolute Gasteiger partial charge is 0.456 e. The Morgan fingerprint density at radius 3 is 2.45 bits per heavy atom. The van der Waals surface area contributed by atoms with Crippen molar-refractivity contribution >= 4 is 45.7 Å². The van der Waals surface area contributed by atoms with Gasteiger partial charge in [-0.2, -0.15) is 0 Å². The van der Waals surface area contributed by atoms with Crippen LogP contribution in [0.15, 0.2) is 40.3 Å². The Kier molecular flexibility index (Phi) is 2.87. The van der Waals surface area contributed by atoms with Gasteiger partial charge in [0.25, 0.3) is 11.8 Å². The van der Waals surface area contributed by atoms with Gasteiger partial charge in [-0.1, -0.05) is 18.2 Å². The zero-order valence-electron chi connectivity index (χ0n) is 10.5. The maximum absolute atomic E-state index is 11.9. The Morgan fingerprint density at radius 1 is 1.15 bits per heavy atom. The highest BCUT2D eigenvalue weighted by atomic mass is 32.1. The highest BCUT2D eigenvalue weighted by molar-refractivity contribution is 7.80. The third-order valence-corrected chi connectivity index (χ3v) is 3.28. The first-order valence-corrected chi connectivity index (χ1v) is 6.33. The summed E-state index contributed by atoms with van der Waals surface area (Å²) in [4.78, 5) is 23.8. The second-order valence-corrected chi connectivity index (χ2v) is 4.79. The molecule has 0 atom stereocenters. The van der Waals surface area contributed by atoms with Gasteiger partial charge in [0.1, 0.15) is 16.9 Å². The summed E-state index contributed by atoms with van der Waals surface area (Å²) in [6, 6.07) is 9.27. The minimum absolute atomic E-state index is 0.0117. The number of benzene rings is 1. The molecule has 0 unspecified atom stereocenters. The maximum Gasteiger partial charge on any atom is 0.263 e. The number of nitrogens with one attached hydrogen (secondary N) is 2. The van der Waals surface area contributed by atoms with E-state index in [0.717, 1.165) is 5.39 Å². The van der Waals surface area contributed by atoms with Gasteiger partial charge in [-0.3, -0.25) is 20.2 Å². The van der Waals surface area contributed by atoms with Crippen molar-refractivity contribution in [3.63, 3.8) is 0 Å². The average molecular weight is 286 g/mol. The summed E-state index contributed by atoms with van der Waals surface area (Å²) in [5, 5.41) is 5.74. The molecule has 100 valence electrons. The number of para-hydroxylation sites is 1. The molecule has 5 nitrogen and oxygen atoms in total. The predicted octanol–water partition coefficient (Wildman–Crippen LogP) is 1.74. The molecule has 0 bridgehead atoms. The van der Waals surface area contributed by atoms with Gasteiger partial charge in [-0.15, -0.1) is 0 Å². The summed E-state index contributed by atoms with van der Waals surface area (Å²) < 4.78 is 5.66. The van der Waals surface area contributed by atoms with E-state index in [1.54, 1.807) is 13.0 Å². The Balaban J connectivity index is 2.12. The fourth-order valence-electron chi connectivity index (χ4n) is 2.10. The normalized spacial score (nSPS) is 15.2. The number of amides is 2. The van der Waals surface area contributed by atoms with Crippen molar-refractivity contribution < 1.29 is 14.0 Å². The molecular formula is C14H10N2O3S. The quantitative estimate of drug-likeness (QED) is 0.476. The molecule has 0 saturated carbocycles. The van der Waals surface area contributed by atoms with E-state index in [0.29, 0.717) is 16.9 Å². The lowest BCUT2D eigenvalue weighted by Crippen LogP contribution is -2.51. The van der Waals surface area contributed by atoms with Crippen LogP contribution in [-0.2, 0) is 9.59 Å². The van der Waals surface area contributed by atoms with Crippen molar-refractivity contribution in [2.24, 2.45) is 0 Å². The van der Waals surface area contributed by atoms with Gasteiger partial charge in [-0.05, 0) is 31.3 Å². The summed E-state index contributed by atoms with van der Waals surface area (Å²) in [6.07, 6.45) is 0. The molecule has 2 aromatic rings. The van der Waals surface area contributed by atoms with Gasteiger partial charge in [0, 0.05) is 11.0 Å². The second-order valence-electron chi connectivity index (χ2n) is 4.39. The molecule has 6 heteroatoms. The standard InChI is InChI=1S/C14H10N2O3S/c1-7(11-12(17)15-14(20)16-13(11)18)10-6-8-4-2-3-5-9(8)19-10/h2-6H,1H3,(H2,15,16,17,18,20). The molecule has 20 heavy (non-hydrogen) atoms. The van der Waals surface area contributed by atoms with Gasteiger partial charge in [-0.25, -0.2) is 0 Å². The number of allylic oxidation sites excluding steroid dienone is 1. The van der Waals surface area contributed by atoms with Crippen LogP contribution in [0, 0.1) is 0 Å². The number of hydrogen-bond donors (Lipinski definition) is 2. The molecule has 2 heterocycles. The first-order chi connectivity index (χ1) is 9.56. The number of carbonyl (C=O) groups excluding carboxylic acids is 2. The summed E-state index contributed by atoms with van der Waals surface area (Å²) >= 11 is 4.76. The van der Waals surface area contributed by atoms with E-state index in [2.05, 4.69) is 10.6 Å². The van der Waals surface area contributed by atoms with Crippen LogP contribution in [-0.4, -0.2) is 16.9 Å². The molecule has 1 fully saturated rings. The van der Waals surface area contributed by atoms with E-state index < -0.39 is 11.8 Å². The molecule has 0 aliphatic carbocycles. The summed E-state index contributed by atoms with van der Waals surface area (Å²) in [5.74, 6) is -0.548. The first kappa shape index (κ1) is 12.6. The highest BCUT2D eigenvalue weighted by Gasteiger charge is 2.29. The zero-order valence-corrected chi connectivity index (χ0v) is 11.3. The van der Waals surface area contributed by atoms with E-state index in [4.69, 9.17) is 16.6 Å². The molecule has 2 amide bonds. The zero-order chi connectivity index (χ0) is 14.3. The van der Waals surface area contributed by atoms with E-state index >= 15 is 0 Å². The van der Waals surface area contributed by atoms with E-state index in [9.17, 15) is 9.59 Å². The molecule has 2 N–H and O–H groups in total. The molecular weight excluding hydrogens is 276 g/mol. The molecule has 1 aromatic heterocycles. The molecule has 1 aromatic carbocycles. The molecule has 3 rings (SSSR count). The van der Waals surface area contributed by atoms with Crippen LogP contribution >= 0.6 is 12.2 Å². The van der Waals surface area contributed by atoms with Gasteiger partial charge >= 0.3 is 0 Å². The van der Waals surface area contributed by atoms with Crippen LogP contribution in [0.3, 0.4) is 0 Å². The van der Waals surface area contributed by atoms with Crippen LogP contribution in [0.2, 0.25) is 0 Å². The Labute approximate surface area is 119 Å². The average Bonchev–Trinajstić information content (AvgIpc) is 2.81. The SMILES string of the molecule is CC(=C1C(=O)NC(=S)NC1=O)c1cc2ccccc2o1. The topological polar surface area (TPSA) is 71.3 Å². The van der Waals surface area contributed by atoms with Crippen molar-refractivity contribution in [1.82, 2.24) is 10.6 Å². The van der Waals surface area contributed by atoms with Crippen LogP contribution in [0.1, 0.15) is 12.7 Å². The fraction of sp³-hybridized carbons (Fsp3) is 0.0714. The Hall–Kier alpha value is -2.47. The molecule has 0 spiro atoms. The second kappa shape index (κ2) is 4.57. The summed E-state index contributed by atoms with van der Waals surface area (Å²) in [6.45, 7) is 1.67. The Morgan fingerprint density at radius 2 is 1.80 bits per heavy atom. The smallest absolute Gasteiger partial charge is 0.263 e. The Bertz CT molecular complexity index is 734. The number of rotatable bonds is 1. The summed E-state index contributed by atoms with van der Waals surface area (Å²) in [5.41, 5.74) is 1.19. The lowest BCUT2D eigenvalue weighted by Gasteiger charge is -2.17. The third kappa shape index (κ3) is 2.00. The molecule has 1 aliphatic rings. The van der Waals surface area contributed by atoms with Gasteiger partial charge in [0.05, 0.1) is 0 Å². The van der Waals surface area contributed by atoms with E-state index in [-0.39, 0.29) is 10.7 Å². The van der Waals surface area contributed by atoms with Crippen LogP contribution in [0.25, 0.3) is 16.5 Å². The molecule has 0 radical (unpaired) electrons. The maximum atomic E-state index is 11.9. The van der Waals surface area contributed by atoms with Gasteiger partial charge < -0.3 is 4.42 Å². The lowest BCUT2D eigenvalue weighted by molar-refractivity contribution is -0.123. The van der Waals surface area contributed by atoms with Crippen LogP contribution in [0.5, 0.6) is 0 Å². The van der Waals surface area contributed by atoms with Crippen molar-refractivity contribution in [3.05, 3.63) is 41.7 Å². The van der Waals surface area contributed by atoms with Crippen molar-refractivity contribution in [1.29, 1.82) is 0 Å². The minimum Gasteiger partial charge on any atom is -0.456 e. The predicted molar refractivity (Wildman–Crippen MR) is 77.7 cm³/mol. The third-order valence-electron chi connectivity index (χ3n) is 3.08. The van der Waals surface area contributed by atoms with Crippen molar-refractivity contribution in [2.75, 3.05) is 0 Å².